The molecule has 2 aliphatic rings. The summed E-state index contributed by atoms with van der Waals surface area (Å²) in [6.45, 7) is 2.07. The molecular weight excluding hydrogens is 296 g/mol. The Morgan fingerprint density at radius 1 is 1.18 bits per heavy atom. The Kier molecular flexibility index (Phi) is 5.87. The normalized spacial score (nSPS) is 30.3. The van der Waals surface area contributed by atoms with E-state index >= 15 is 0 Å². The fourth-order valence-corrected chi connectivity index (χ4v) is 4.15. The predicted molar refractivity (Wildman–Crippen MR) is 92.1 cm³/mol. The van der Waals surface area contributed by atoms with Crippen LogP contribution in [-0.4, -0.2) is 18.0 Å². The Hall–Kier alpha value is -1.06. The van der Waals surface area contributed by atoms with Crippen molar-refractivity contribution in [2.24, 2.45) is 17.6 Å². The highest BCUT2D eigenvalue weighted by Gasteiger charge is 2.39. The SMILES string of the molecule is Cc1ccc(CC(=O)NC2C3CCCC2CC(N)C3)cc1.Cl. The summed E-state index contributed by atoms with van der Waals surface area (Å²) >= 11 is 0. The van der Waals surface area contributed by atoms with Gasteiger partial charge in [0.25, 0.3) is 0 Å². The third kappa shape index (κ3) is 4.02. The summed E-state index contributed by atoms with van der Waals surface area (Å²) in [5, 5.41) is 3.31. The van der Waals surface area contributed by atoms with Crippen LogP contribution in [0.3, 0.4) is 0 Å². The van der Waals surface area contributed by atoms with E-state index in [4.69, 9.17) is 5.73 Å². The number of fused-ring (bicyclic) bond motifs is 2. The van der Waals surface area contributed by atoms with Crippen molar-refractivity contribution in [3.05, 3.63) is 35.4 Å². The maximum Gasteiger partial charge on any atom is 0.224 e. The van der Waals surface area contributed by atoms with Crippen LogP contribution in [0.15, 0.2) is 24.3 Å². The molecule has 2 bridgehead atoms. The van der Waals surface area contributed by atoms with Gasteiger partial charge < -0.3 is 11.1 Å². The Labute approximate surface area is 139 Å². The molecule has 0 saturated heterocycles. The number of hydrogen-bond donors (Lipinski definition) is 2. The summed E-state index contributed by atoms with van der Waals surface area (Å²) in [7, 11) is 0. The first-order chi connectivity index (χ1) is 10.1. The molecule has 1 aromatic rings. The molecule has 0 heterocycles. The third-order valence-electron chi connectivity index (χ3n) is 5.19. The summed E-state index contributed by atoms with van der Waals surface area (Å²) in [4.78, 5) is 12.3. The van der Waals surface area contributed by atoms with Crippen LogP contribution in [0, 0.1) is 18.8 Å². The second-order valence-corrected chi connectivity index (χ2v) is 6.94. The smallest absolute Gasteiger partial charge is 0.224 e. The molecule has 0 aromatic heterocycles. The summed E-state index contributed by atoms with van der Waals surface area (Å²) < 4.78 is 0. The molecule has 122 valence electrons. The lowest BCUT2D eigenvalue weighted by molar-refractivity contribution is -0.122. The molecule has 0 radical (unpaired) electrons. The maximum absolute atomic E-state index is 12.3. The molecule has 3 nitrogen and oxygen atoms in total. The molecule has 2 fully saturated rings. The minimum absolute atomic E-state index is 0. The summed E-state index contributed by atoms with van der Waals surface area (Å²) in [6.07, 6.45) is 6.38. The highest BCUT2D eigenvalue weighted by atomic mass is 35.5. The molecule has 3 rings (SSSR count). The number of nitrogens with two attached hydrogens (primary N) is 1. The van der Waals surface area contributed by atoms with Gasteiger partial charge in [-0.1, -0.05) is 36.2 Å². The molecule has 2 atom stereocenters. The first kappa shape index (κ1) is 17.3. The van der Waals surface area contributed by atoms with E-state index in [1.807, 2.05) is 12.1 Å². The quantitative estimate of drug-likeness (QED) is 0.899. The highest BCUT2D eigenvalue weighted by molar-refractivity contribution is 5.85. The van der Waals surface area contributed by atoms with Crippen molar-refractivity contribution >= 4 is 18.3 Å². The van der Waals surface area contributed by atoms with Crippen LogP contribution < -0.4 is 11.1 Å². The minimum atomic E-state index is 0. The van der Waals surface area contributed by atoms with Crippen molar-refractivity contribution in [3.8, 4) is 0 Å². The lowest BCUT2D eigenvalue weighted by atomic mass is 9.67. The minimum Gasteiger partial charge on any atom is -0.353 e. The van der Waals surface area contributed by atoms with Gasteiger partial charge in [0.05, 0.1) is 6.42 Å². The van der Waals surface area contributed by atoms with Gasteiger partial charge in [-0.3, -0.25) is 4.79 Å². The molecule has 0 spiro atoms. The number of nitrogens with one attached hydrogen (secondary N) is 1. The van der Waals surface area contributed by atoms with Gasteiger partial charge in [-0.2, -0.15) is 0 Å². The van der Waals surface area contributed by atoms with Crippen LogP contribution in [0.5, 0.6) is 0 Å². The predicted octanol–water partition coefficient (Wildman–Crippen LogP) is 2.98. The van der Waals surface area contributed by atoms with Crippen molar-refractivity contribution < 1.29 is 4.79 Å². The van der Waals surface area contributed by atoms with Gasteiger partial charge in [0.2, 0.25) is 5.91 Å². The van der Waals surface area contributed by atoms with E-state index in [1.54, 1.807) is 0 Å². The zero-order valence-electron chi connectivity index (χ0n) is 13.3. The van der Waals surface area contributed by atoms with E-state index in [2.05, 4.69) is 24.4 Å². The van der Waals surface area contributed by atoms with E-state index < -0.39 is 0 Å². The number of halogens is 1. The standard InChI is InChI=1S/C18H26N2O.ClH/c1-12-5-7-13(8-6-12)9-17(21)20-18-14-3-2-4-15(18)11-16(19)10-14;/h5-8,14-16,18H,2-4,9-11,19H2,1H3,(H,20,21);1H. The Morgan fingerprint density at radius 3 is 2.36 bits per heavy atom. The molecule has 1 amide bonds. The van der Waals surface area contributed by atoms with Crippen molar-refractivity contribution in [2.75, 3.05) is 0 Å². The van der Waals surface area contributed by atoms with Crippen LogP contribution in [0.2, 0.25) is 0 Å². The molecule has 22 heavy (non-hydrogen) atoms. The molecule has 2 saturated carbocycles. The second kappa shape index (κ2) is 7.47. The van der Waals surface area contributed by atoms with Gasteiger partial charge in [-0.05, 0) is 50.0 Å². The topological polar surface area (TPSA) is 55.1 Å². The summed E-state index contributed by atoms with van der Waals surface area (Å²) in [6, 6.07) is 8.93. The first-order valence-corrected chi connectivity index (χ1v) is 8.22. The van der Waals surface area contributed by atoms with Crippen LogP contribution in [0.25, 0.3) is 0 Å². The average molecular weight is 323 g/mol. The van der Waals surface area contributed by atoms with Crippen LogP contribution in [0.4, 0.5) is 0 Å². The Bertz CT molecular complexity index is 488. The fourth-order valence-electron chi connectivity index (χ4n) is 4.15. The number of benzene rings is 1. The second-order valence-electron chi connectivity index (χ2n) is 6.94. The number of hydrogen-bond acceptors (Lipinski definition) is 2. The van der Waals surface area contributed by atoms with Gasteiger partial charge in [0.1, 0.15) is 0 Å². The van der Waals surface area contributed by atoms with E-state index in [1.165, 1.54) is 24.8 Å². The third-order valence-corrected chi connectivity index (χ3v) is 5.19. The Morgan fingerprint density at radius 2 is 1.77 bits per heavy atom. The maximum atomic E-state index is 12.3. The number of amides is 1. The van der Waals surface area contributed by atoms with E-state index in [9.17, 15) is 4.79 Å². The fraction of sp³-hybridized carbons (Fsp3) is 0.611. The molecule has 4 heteroatoms. The van der Waals surface area contributed by atoms with Crippen molar-refractivity contribution in [1.82, 2.24) is 5.32 Å². The molecule has 3 N–H and O–H groups in total. The average Bonchev–Trinajstić information content (AvgIpc) is 2.42. The first-order valence-electron chi connectivity index (χ1n) is 8.22. The van der Waals surface area contributed by atoms with Crippen LogP contribution in [-0.2, 0) is 11.2 Å². The zero-order chi connectivity index (χ0) is 14.8. The largest absolute Gasteiger partial charge is 0.353 e. The lowest BCUT2D eigenvalue weighted by Gasteiger charge is -2.45. The molecule has 2 aliphatic carbocycles. The van der Waals surface area contributed by atoms with E-state index in [0.717, 1.165) is 18.4 Å². The number of carbonyl (C=O) groups excluding carboxylic acids is 1. The monoisotopic (exact) mass is 322 g/mol. The molecule has 2 unspecified atom stereocenters. The number of carbonyl (C=O) groups is 1. The highest BCUT2D eigenvalue weighted by Crippen LogP contribution is 2.39. The van der Waals surface area contributed by atoms with Crippen molar-refractivity contribution in [1.29, 1.82) is 0 Å². The van der Waals surface area contributed by atoms with Crippen LogP contribution >= 0.6 is 12.4 Å². The summed E-state index contributed by atoms with van der Waals surface area (Å²) in [5.41, 5.74) is 8.47. The Balaban J connectivity index is 0.00000176. The zero-order valence-corrected chi connectivity index (χ0v) is 14.1. The van der Waals surface area contributed by atoms with Crippen molar-refractivity contribution in [2.45, 2.75) is 57.5 Å². The molecule has 0 aliphatic heterocycles. The van der Waals surface area contributed by atoms with E-state index in [0.29, 0.717) is 30.3 Å². The van der Waals surface area contributed by atoms with E-state index in [-0.39, 0.29) is 18.3 Å². The lowest BCUT2D eigenvalue weighted by Crippen LogP contribution is -2.54. The van der Waals surface area contributed by atoms with Gasteiger partial charge in [-0.25, -0.2) is 0 Å². The van der Waals surface area contributed by atoms with Gasteiger partial charge in [0, 0.05) is 12.1 Å². The van der Waals surface area contributed by atoms with Crippen molar-refractivity contribution in [3.63, 3.8) is 0 Å². The van der Waals surface area contributed by atoms with Gasteiger partial charge >= 0.3 is 0 Å². The van der Waals surface area contributed by atoms with Crippen LogP contribution in [0.1, 0.15) is 43.2 Å². The van der Waals surface area contributed by atoms with Gasteiger partial charge in [-0.15, -0.1) is 12.4 Å². The summed E-state index contributed by atoms with van der Waals surface area (Å²) in [5.74, 6) is 1.35. The number of aryl methyl sites for hydroxylation is 1. The molecule has 1 aromatic carbocycles. The number of rotatable bonds is 3. The van der Waals surface area contributed by atoms with Gasteiger partial charge in [0.15, 0.2) is 0 Å². The molecular formula is C18H27ClN2O.